The van der Waals surface area contributed by atoms with Crippen LogP contribution < -0.4 is 10.6 Å². The summed E-state index contributed by atoms with van der Waals surface area (Å²) in [7, 11) is 0. The average molecular weight is 481 g/mol. The van der Waals surface area contributed by atoms with Crippen LogP contribution in [-0.4, -0.2) is 41.2 Å². The first-order valence-corrected chi connectivity index (χ1v) is 12.6. The van der Waals surface area contributed by atoms with Crippen LogP contribution in [0, 0.1) is 0 Å². The van der Waals surface area contributed by atoms with E-state index in [-0.39, 0.29) is 18.4 Å². The Morgan fingerprint density at radius 3 is 2.59 bits per heavy atom. The number of benzene rings is 1. The van der Waals surface area contributed by atoms with Gasteiger partial charge in [-0.3, -0.25) is 9.69 Å². The zero-order valence-corrected chi connectivity index (χ0v) is 20.6. The molecule has 2 amide bonds. The third-order valence-electron chi connectivity index (χ3n) is 6.12. The second-order valence-electron chi connectivity index (χ2n) is 8.30. The number of nitrogens with zero attached hydrogens (tertiary/aromatic N) is 2. The van der Waals surface area contributed by atoms with Gasteiger partial charge in [0.05, 0.1) is 19.1 Å². The van der Waals surface area contributed by atoms with Crippen LogP contribution in [0.1, 0.15) is 47.9 Å². The van der Waals surface area contributed by atoms with Crippen LogP contribution in [0.25, 0.3) is 5.00 Å². The molecule has 2 N–H and O–H groups in total. The maximum Gasteiger partial charge on any atom is 0.315 e. The van der Waals surface area contributed by atoms with Gasteiger partial charge in [-0.15, -0.1) is 11.3 Å². The van der Waals surface area contributed by atoms with E-state index in [4.69, 9.17) is 4.74 Å². The minimum absolute atomic E-state index is 0.0839. The van der Waals surface area contributed by atoms with Crippen molar-refractivity contribution in [3.05, 3.63) is 76.4 Å². The average Bonchev–Trinajstić information content (AvgIpc) is 3.50. The molecule has 2 aromatic heterocycles. The molecule has 0 radical (unpaired) electrons. The van der Waals surface area contributed by atoms with Gasteiger partial charge in [-0.1, -0.05) is 37.3 Å². The van der Waals surface area contributed by atoms with E-state index >= 15 is 0 Å². The molecule has 3 aromatic rings. The largest absolute Gasteiger partial charge is 0.466 e. The Morgan fingerprint density at radius 2 is 1.88 bits per heavy atom. The number of likely N-dealkylation sites (N-methyl/N-ethyl adjacent to an activating group) is 1. The van der Waals surface area contributed by atoms with Gasteiger partial charge in [0.25, 0.3) is 0 Å². The van der Waals surface area contributed by atoms with E-state index in [1.54, 1.807) is 18.3 Å². The van der Waals surface area contributed by atoms with E-state index in [1.165, 1.54) is 16.0 Å². The third kappa shape index (κ3) is 5.69. The first kappa shape index (κ1) is 24.0. The molecule has 0 saturated heterocycles. The summed E-state index contributed by atoms with van der Waals surface area (Å²) in [5.74, 6) is -0.334. The Morgan fingerprint density at radius 1 is 1.12 bits per heavy atom. The third-order valence-corrected chi connectivity index (χ3v) is 7.39. The van der Waals surface area contributed by atoms with Crippen LogP contribution in [0.3, 0.4) is 0 Å². The van der Waals surface area contributed by atoms with Crippen LogP contribution in [0.4, 0.5) is 4.79 Å². The lowest BCUT2D eigenvalue weighted by Crippen LogP contribution is -2.39. The number of amides is 2. The summed E-state index contributed by atoms with van der Waals surface area (Å²) in [6.07, 6.45) is 5.15. The zero-order chi connectivity index (χ0) is 23.9. The van der Waals surface area contributed by atoms with Crippen molar-refractivity contribution in [3.8, 4) is 5.00 Å². The van der Waals surface area contributed by atoms with E-state index in [2.05, 4.69) is 27.0 Å². The highest BCUT2D eigenvalue weighted by molar-refractivity contribution is 7.14. The number of rotatable bonds is 9. The van der Waals surface area contributed by atoms with Gasteiger partial charge in [-0.05, 0) is 43.1 Å². The zero-order valence-electron chi connectivity index (χ0n) is 19.8. The maximum atomic E-state index is 12.9. The molecule has 1 aliphatic rings. The van der Waals surface area contributed by atoms with E-state index in [9.17, 15) is 9.59 Å². The van der Waals surface area contributed by atoms with Crippen molar-refractivity contribution in [3.63, 3.8) is 0 Å². The van der Waals surface area contributed by atoms with Crippen molar-refractivity contribution < 1.29 is 14.3 Å². The van der Waals surface area contributed by atoms with Gasteiger partial charge in [-0.2, -0.15) is 0 Å². The van der Waals surface area contributed by atoms with Gasteiger partial charge in [0, 0.05) is 42.5 Å². The monoisotopic (exact) mass is 480 g/mol. The molecule has 1 aliphatic heterocycles. The summed E-state index contributed by atoms with van der Waals surface area (Å²) in [5, 5.41) is 7.17. The lowest BCUT2D eigenvalue weighted by Gasteiger charge is -2.25. The summed E-state index contributed by atoms with van der Waals surface area (Å²) in [6.45, 7) is 7.73. The Labute approximate surface area is 204 Å². The molecular weight excluding hydrogens is 448 g/mol. The van der Waals surface area contributed by atoms with Crippen LogP contribution in [0.5, 0.6) is 0 Å². The number of fused-ring (bicyclic) bond motifs is 1. The highest BCUT2D eigenvalue weighted by atomic mass is 32.1. The molecular formula is C26H32N4O3S. The molecule has 3 heterocycles. The fourth-order valence-corrected chi connectivity index (χ4v) is 5.71. The standard InChI is InChI=1S/C26H32N4O3S/c1-3-29-15-12-20-21(25(34-23(20)18-29)30-13-8-9-14-30)17-27-26(32)28-22(16-24(31)33-4-2)19-10-6-5-7-11-19/h5-11,13-14,22H,3-4,12,15-18H2,1-2H3,(H2,27,28,32)/t22-/m1/s1. The summed E-state index contributed by atoms with van der Waals surface area (Å²) in [6, 6.07) is 12.8. The van der Waals surface area contributed by atoms with Crippen LogP contribution >= 0.6 is 11.3 Å². The quantitative estimate of drug-likeness (QED) is 0.445. The minimum Gasteiger partial charge on any atom is -0.466 e. The topological polar surface area (TPSA) is 75.6 Å². The van der Waals surface area contributed by atoms with E-state index in [1.807, 2.05) is 54.9 Å². The van der Waals surface area contributed by atoms with Gasteiger partial charge in [0.15, 0.2) is 0 Å². The number of thiophene rings is 1. The van der Waals surface area contributed by atoms with E-state index in [0.29, 0.717) is 13.2 Å². The number of carbonyl (C=O) groups is 2. The maximum absolute atomic E-state index is 12.9. The summed E-state index contributed by atoms with van der Waals surface area (Å²) in [5.41, 5.74) is 3.39. The molecule has 1 atom stereocenters. The first-order valence-electron chi connectivity index (χ1n) is 11.8. The van der Waals surface area contributed by atoms with Crippen molar-refractivity contribution in [2.75, 3.05) is 19.7 Å². The molecule has 0 unspecified atom stereocenters. The van der Waals surface area contributed by atoms with Crippen molar-refractivity contribution in [1.29, 1.82) is 0 Å². The Bertz CT molecular complexity index is 1090. The van der Waals surface area contributed by atoms with Gasteiger partial charge in [-0.25, -0.2) is 4.79 Å². The van der Waals surface area contributed by atoms with Crippen molar-refractivity contribution in [2.24, 2.45) is 0 Å². The molecule has 0 aliphatic carbocycles. The van der Waals surface area contributed by atoms with Crippen molar-refractivity contribution >= 4 is 23.3 Å². The lowest BCUT2D eigenvalue weighted by molar-refractivity contribution is -0.143. The van der Waals surface area contributed by atoms with Gasteiger partial charge < -0.3 is 19.9 Å². The molecule has 0 saturated carbocycles. The second kappa shape index (κ2) is 11.4. The molecule has 8 heteroatoms. The molecule has 0 fully saturated rings. The molecule has 180 valence electrons. The Hall–Kier alpha value is -3.10. The smallest absolute Gasteiger partial charge is 0.315 e. The SMILES string of the molecule is CCOC(=O)C[C@@H](NC(=O)NCc1c(-n2cccc2)sc2c1CCN(CC)C2)c1ccccc1. The summed E-state index contributed by atoms with van der Waals surface area (Å²) < 4.78 is 7.24. The van der Waals surface area contributed by atoms with Crippen LogP contribution in [0.2, 0.25) is 0 Å². The Balaban J connectivity index is 1.49. The number of esters is 1. The number of carbonyl (C=O) groups excluding carboxylic acids is 2. The van der Waals surface area contributed by atoms with Gasteiger partial charge in [0.1, 0.15) is 5.00 Å². The van der Waals surface area contributed by atoms with Gasteiger partial charge in [0.2, 0.25) is 0 Å². The highest BCUT2D eigenvalue weighted by Crippen LogP contribution is 2.35. The number of hydrogen-bond donors (Lipinski definition) is 2. The molecule has 7 nitrogen and oxygen atoms in total. The Kier molecular flexibility index (Phi) is 8.03. The molecule has 0 bridgehead atoms. The van der Waals surface area contributed by atoms with Crippen molar-refractivity contribution in [1.82, 2.24) is 20.1 Å². The number of aromatic nitrogens is 1. The summed E-state index contributed by atoms with van der Waals surface area (Å²) in [4.78, 5) is 28.9. The normalized spacial score (nSPS) is 14.3. The van der Waals surface area contributed by atoms with E-state index < -0.39 is 6.04 Å². The molecule has 1 aromatic carbocycles. The summed E-state index contributed by atoms with van der Waals surface area (Å²) >= 11 is 1.80. The fourth-order valence-electron chi connectivity index (χ4n) is 4.34. The number of hydrogen-bond acceptors (Lipinski definition) is 5. The molecule has 0 spiro atoms. The van der Waals surface area contributed by atoms with E-state index in [0.717, 1.165) is 36.6 Å². The van der Waals surface area contributed by atoms with Crippen molar-refractivity contribution in [2.45, 2.75) is 45.8 Å². The van der Waals surface area contributed by atoms with Gasteiger partial charge >= 0.3 is 12.0 Å². The highest BCUT2D eigenvalue weighted by Gasteiger charge is 2.25. The second-order valence-corrected chi connectivity index (χ2v) is 9.38. The minimum atomic E-state index is -0.460. The molecule has 34 heavy (non-hydrogen) atoms. The number of urea groups is 1. The molecule has 4 rings (SSSR count). The van der Waals surface area contributed by atoms with Crippen LogP contribution in [-0.2, 0) is 29.0 Å². The first-order chi connectivity index (χ1) is 16.6. The lowest BCUT2D eigenvalue weighted by atomic mass is 10.0. The predicted octanol–water partition coefficient (Wildman–Crippen LogP) is 4.41. The number of ether oxygens (including phenoxy) is 1. The number of nitrogens with one attached hydrogen (secondary N) is 2. The van der Waals surface area contributed by atoms with Crippen LogP contribution in [0.15, 0.2) is 54.9 Å². The predicted molar refractivity (Wildman–Crippen MR) is 134 cm³/mol. The fraction of sp³-hybridized carbons (Fsp3) is 0.385.